The smallest absolute Gasteiger partial charge is 0.460 e. The van der Waals surface area contributed by atoms with Gasteiger partial charge in [-0.2, -0.15) is 39.5 Å². The van der Waals surface area contributed by atoms with E-state index in [0.29, 0.717) is 19.4 Å². The summed E-state index contributed by atoms with van der Waals surface area (Å²) >= 11 is 0. The number of carboxylic acids is 1. The zero-order chi connectivity index (χ0) is 26.0. The fraction of sp³-hybridized carbons (Fsp3) is 0.682. The van der Waals surface area contributed by atoms with Gasteiger partial charge in [0.2, 0.25) is 0 Å². The Balaban J connectivity index is 2.12. The van der Waals surface area contributed by atoms with Crippen LogP contribution in [0.4, 0.5) is 45.2 Å². The monoisotopic (exact) mass is 509 g/mol. The molecule has 1 aromatic rings. The molecule has 0 atom stereocenters. The first-order valence-corrected chi connectivity index (χ1v) is 10.9. The molecule has 0 amide bonds. The van der Waals surface area contributed by atoms with Crippen molar-refractivity contribution in [1.82, 2.24) is 0 Å². The van der Waals surface area contributed by atoms with Gasteiger partial charge in [-0.25, -0.2) is 4.79 Å². The molecule has 0 fully saturated rings. The summed E-state index contributed by atoms with van der Waals surface area (Å²) in [5, 5.41) is 12.0. The van der Waals surface area contributed by atoms with Crippen molar-refractivity contribution in [3.8, 4) is 0 Å². The summed E-state index contributed by atoms with van der Waals surface area (Å²) in [4.78, 5) is 10.8. The van der Waals surface area contributed by atoms with Gasteiger partial charge in [0.05, 0.1) is 5.56 Å². The lowest BCUT2D eigenvalue weighted by Gasteiger charge is -2.33. The van der Waals surface area contributed by atoms with Crippen LogP contribution in [0.25, 0.3) is 0 Å². The molecule has 0 radical (unpaired) electrons. The Morgan fingerprint density at radius 1 is 0.676 bits per heavy atom. The third kappa shape index (κ3) is 8.26. The summed E-state index contributed by atoms with van der Waals surface area (Å²) in [6.07, 6.45) is -3.83. The lowest BCUT2D eigenvalue weighted by atomic mass is 9.97. The first kappa shape index (κ1) is 29.9. The van der Waals surface area contributed by atoms with Crippen LogP contribution in [0.3, 0.4) is 0 Å². The van der Waals surface area contributed by atoms with Crippen LogP contribution in [0.15, 0.2) is 24.3 Å². The van der Waals surface area contributed by atoms with E-state index in [0.717, 1.165) is 37.8 Å². The van der Waals surface area contributed by atoms with E-state index in [2.05, 4.69) is 5.32 Å². The molecule has 0 spiro atoms. The van der Waals surface area contributed by atoms with Crippen LogP contribution in [0.1, 0.15) is 74.6 Å². The van der Waals surface area contributed by atoms with Crippen LogP contribution in [-0.2, 0) is 0 Å². The topological polar surface area (TPSA) is 49.3 Å². The summed E-state index contributed by atoms with van der Waals surface area (Å²) in [6, 6.07) is 6.33. The number of rotatable bonds is 16. The number of carbonyl (C=O) groups is 1. The molecule has 1 aromatic carbocycles. The second kappa shape index (κ2) is 12.5. The molecule has 0 heterocycles. The Labute approximate surface area is 191 Å². The Kier molecular flexibility index (Phi) is 11.0. The summed E-state index contributed by atoms with van der Waals surface area (Å²) in [5.74, 6) is -19.8. The maximum atomic E-state index is 13.4. The number of carboxylic acid groups (broad SMARTS) is 1. The highest BCUT2D eigenvalue weighted by Gasteiger charge is 2.81. The summed E-state index contributed by atoms with van der Waals surface area (Å²) in [7, 11) is 0. The van der Waals surface area contributed by atoms with Crippen LogP contribution in [-0.4, -0.2) is 41.6 Å². The largest absolute Gasteiger partial charge is 0.478 e. The van der Waals surface area contributed by atoms with E-state index in [1.54, 1.807) is 12.1 Å². The number of benzene rings is 1. The van der Waals surface area contributed by atoms with Crippen LogP contribution in [0.2, 0.25) is 0 Å². The molecule has 0 aliphatic heterocycles. The number of unbranched alkanes of at least 4 members (excludes halogenated alkanes) is 8. The van der Waals surface area contributed by atoms with Crippen molar-refractivity contribution < 1.29 is 49.4 Å². The molecule has 2 N–H and O–H groups in total. The highest BCUT2D eigenvalue weighted by molar-refractivity contribution is 5.87. The van der Waals surface area contributed by atoms with Crippen molar-refractivity contribution in [1.29, 1.82) is 0 Å². The Morgan fingerprint density at radius 3 is 1.56 bits per heavy atom. The van der Waals surface area contributed by atoms with Gasteiger partial charge in [0.25, 0.3) is 0 Å². The second-order valence-corrected chi connectivity index (χ2v) is 8.09. The minimum atomic E-state index is -6.82. The molecule has 1 rings (SSSR count). The van der Waals surface area contributed by atoms with Gasteiger partial charge in [-0.1, -0.05) is 44.9 Å². The number of anilines is 1. The molecule has 3 nitrogen and oxygen atoms in total. The predicted octanol–water partition coefficient (Wildman–Crippen LogP) is 8.17. The number of alkyl halides is 9. The average Bonchev–Trinajstić information content (AvgIpc) is 2.73. The molecule has 196 valence electrons. The maximum absolute atomic E-state index is 13.4. The highest BCUT2D eigenvalue weighted by atomic mass is 19.4. The molecule has 0 aliphatic carbocycles. The van der Waals surface area contributed by atoms with Gasteiger partial charge in [-0.3, -0.25) is 0 Å². The van der Waals surface area contributed by atoms with Gasteiger partial charge < -0.3 is 10.4 Å². The van der Waals surface area contributed by atoms with Crippen molar-refractivity contribution in [2.45, 2.75) is 88.2 Å². The fourth-order valence-electron chi connectivity index (χ4n) is 3.24. The van der Waals surface area contributed by atoms with Gasteiger partial charge in [0.1, 0.15) is 0 Å². The Hall–Kier alpha value is -2.14. The lowest BCUT2D eigenvalue weighted by molar-refractivity contribution is -0.396. The third-order valence-electron chi connectivity index (χ3n) is 5.34. The molecule has 0 saturated heterocycles. The van der Waals surface area contributed by atoms with Gasteiger partial charge in [-0.05, 0) is 37.1 Å². The van der Waals surface area contributed by atoms with E-state index >= 15 is 0 Å². The number of aromatic carboxylic acids is 1. The summed E-state index contributed by atoms with van der Waals surface area (Å²) < 4.78 is 115. The Morgan fingerprint density at radius 2 is 1.12 bits per heavy atom. The second-order valence-electron chi connectivity index (χ2n) is 8.09. The quantitative estimate of drug-likeness (QED) is 0.175. The van der Waals surface area contributed by atoms with E-state index in [1.165, 1.54) is 12.1 Å². The van der Waals surface area contributed by atoms with E-state index in [9.17, 15) is 44.3 Å². The van der Waals surface area contributed by atoms with Crippen molar-refractivity contribution in [3.63, 3.8) is 0 Å². The molecular weight excluding hydrogens is 481 g/mol. The van der Waals surface area contributed by atoms with Crippen molar-refractivity contribution in [2.24, 2.45) is 0 Å². The zero-order valence-electron chi connectivity index (χ0n) is 18.3. The van der Waals surface area contributed by atoms with Crippen molar-refractivity contribution in [2.75, 3.05) is 11.9 Å². The van der Waals surface area contributed by atoms with Gasteiger partial charge in [0, 0.05) is 18.7 Å². The molecule has 0 aromatic heterocycles. The Bertz CT molecular complexity index is 750. The minimum Gasteiger partial charge on any atom is -0.478 e. The van der Waals surface area contributed by atoms with Gasteiger partial charge in [0.15, 0.2) is 0 Å². The summed E-state index contributed by atoms with van der Waals surface area (Å²) in [6.45, 7) is 0.693. The first-order valence-electron chi connectivity index (χ1n) is 10.9. The minimum absolute atomic E-state index is 0.0217. The van der Waals surface area contributed by atoms with E-state index < -0.39 is 42.8 Å². The number of nitrogens with one attached hydrogen (secondary N) is 1. The molecule has 0 aliphatic rings. The third-order valence-corrected chi connectivity index (χ3v) is 5.34. The van der Waals surface area contributed by atoms with Crippen LogP contribution in [0, 0.1) is 0 Å². The number of halogens is 9. The zero-order valence-corrected chi connectivity index (χ0v) is 18.3. The first-order chi connectivity index (χ1) is 15.6. The van der Waals surface area contributed by atoms with Gasteiger partial charge in [-0.15, -0.1) is 0 Å². The van der Waals surface area contributed by atoms with Crippen LogP contribution >= 0.6 is 0 Å². The fourth-order valence-corrected chi connectivity index (χ4v) is 3.24. The molecular formula is C22H28F9NO2. The van der Waals surface area contributed by atoms with Crippen LogP contribution < -0.4 is 5.32 Å². The molecule has 0 unspecified atom stereocenters. The van der Waals surface area contributed by atoms with Crippen molar-refractivity contribution >= 4 is 11.7 Å². The maximum Gasteiger partial charge on any atom is 0.460 e. The van der Waals surface area contributed by atoms with E-state index in [-0.39, 0.29) is 12.0 Å². The predicted molar refractivity (Wildman–Crippen MR) is 109 cm³/mol. The standard InChI is InChI=1S/C22H28F9NO2/c23-19(24,20(25,26)21(27,28)22(29,30)31)14-8-6-4-2-1-3-5-7-9-15-32-17-12-10-16(11-13-17)18(33)34/h10-13,32H,1-9,14-15H2,(H,33,34). The normalized spacial score (nSPS) is 13.2. The van der Waals surface area contributed by atoms with Crippen molar-refractivity contribution in [3.05, 3.63) is 29.8 Å². The summed E-state index contributed by atoms with van der Waals surface area (Å²) in [5.41, 5.74) is 0.996. The molecule has 34 heavy (non-hydrogen) atoms. The number of hydrogen-bond acceptors (Lipinski definition) is 2. The average molecular weight is 509 g/mol. The highest BCUT2D eigenvalue weighted by Crippen LogP contribution is 2.54. The lowest BCUT2D eigenvalue weighted by Crippen LogP contribution is -2.60. The van der Waals surface area contributed by atoms with E-state index in [4.69, 9.17) is 5.11 Å². The van der Waals surface area contributed by atoms with Crippen LogP contribution in [0.5, 0.6) is 0 Å². The molecule has 0 saturated carbocycles. The van der Waals surface area contributed by atoms with Gasteiger partial charge >= 0.3 is 29.9 Å². The molecule has 12 heteroatoms. The number of hydrogen-bond donors (Lipinski definition) is 2. The SMILES string of the molecule is O=C(O)c1ccc(NCCCCCCCCCCCC(F)(F)C(F)(F)C(F)(F)C(F)(F)F)cc1. The van der Waals surface area contributed by atoms with E-state index in [1.807, 2.05) is 0 Å². The molecule has 0 bridgehead atoms.